The Morgan fingerprint density at radius 3 is 2.52 bits per heavy atom. The van der Waals surface area contributed by atoms with E-state index in [0.29, 0.717) is 11.3 Å². The Morgan fingerprint density at radius 2 is 1.89 bits per heavy atom. The van der Waals surface area contributed by atoms with Crippen LogP contribution in [0, 0.1) is 5.82 Å². The number of benzene rings is 2. The molecule has 1 aromatic heterocycles. The van der Waals surface area contributed by atoms with Crippen molar-refractivity contribution >= 4 is 32.9 Å². The fourth-order valence-electron chi connectivity index (χ4n) is 2.97. The van der Waals surface area contributed by atoms with Gasteiger partial charge in [0, 0.05) is 21.0 Å². The molecule has 0 aliphatic rings. The van der Waals surface area contributed by atoms with Crippen LogP contribution in [0.2, 0.25) is 0 Å². The minimum Gasteiger partial charge on any atom is -0.465 e. The van der Waals surface area contributed by atoms with E-state index < -0.39 is 11.6 Å². The zero-order valence-electron chi connectivity index (χ0n) is 15.3. The highest BCUT2D eigenvalue weighted by Gasteiger charge is 2.27. The first kappa shape index (κ1) is 19.3. The standard InChI is InChI=1S/C21H20BrFN2O2/c1-21(2,3)25(20(26)27)12-15-10-13-7-5-9-17(22)19(13)24-18(15)14-6-4-8-16(23)11-14/h4-11H,12H2,1-3H3,(H,26,27). The zero-order chi connectivity index (χ0) is 19.8. The molecule has 2 aromatic carbocycles. The molecule has 0 saturated carbocycles. The molecule has 3 rings (SSSR count). The van der Waals surface area contributed by atoms with Crippen molar-refractivity contribution in [3.8, 4) is 11.3 Å². The number of halogens is 2. The molecule has 27 heavy (non-hydrogen) atoms. The number of aromatic nitrogens is 1. The largest absolute Gasteiger partial charge is 0.465 e. The van der Waals surface area contributed by atoms with E-state index in [9.17, 15) is 14.3 Å². The van der Waals surface area contributed by atoms with Crippen LogP contribution in [0.4, 0.5) is 9.18 Å². The van der Waals surface area contributed by atoms with Crippen LogP contribution in [0.5, 0.6) is 0 Å². The molecule has 0 aliphatic heterocycles. The van der Waals surface area contributed by atoms with Crippen LogP contribution in [0.15, 0.2) is 53.0 Å². The van der Waals surface area contributed by atoms with Crippen LogP contribution in [0.25, 0.3) is 22.2 Å². The summed E-state index contributed by atoms with van der Waals surface area (Å²) in [6.07, 6.45) is -1.01. The van der Waals surface area contributed by atoms with Crippen molar-refractivity contribution in [1.82, 2.24) is 9.88 Å². The average Bonchev–Trinajstić information content (AvgIpc) is 2.58. The number of pyridine rings is 1. The highest BCUT2D eigenvalue weighted by Crippen LogP contribution is 2.31. The predicted molar refractivity (Wildman–Crippen MR) is 108 cm³/mol. The van der Waals surface area contributed by atoms with Gasteiger partial charge < -0.3 is 5.11 Å². The molecule has 0 aliphatic carbocycles. The first-order chi connectivity index (χ1) is 12.7. The number of fused-ring (bicyclic) bond motifs is 1. The Balaban J connectivity index is 2.23. The molecular weight excluding hydrogens is 411 g/mol. The van der Waals surface area contributed by atoms with Crippen LogP contribution in [-0.2, 0) is 6.54 Å². The van der Waals surface area contributed by atoms with Gasteiger partial charge in [0.25, 0.3) is 0 Å². The van der Waals surface area contributed by atoms with Crippen molar-refractivity contribution < 1.29 is 14.3 Å². The van der Waals surface area contributed by atoms with Crippen molar-refractivity contribution in [1.29, 1.82) is 0 Å². The molecule has 0 atom stereocenters. The van der Waals surface area contributed by atoms with Crippen molar-refractivity contribution in [3.63, 3.8) is 0 Å². The van der Waals surface area contributed by atoms with E-state index in [1.165, 1.54) is 17.0 Å². The van der Waals surface area contributed by atoms with Crippen LogP contribution < -0.4 is 0 Å². The Morgan fingerprint density at radius 1 is 1.19 bits per heavy atom. The number of nitrogens with zero attached hydrogens (tertiary/aromatic N) is 2. The zero-order valence-corrected chi connectivity index (χ0v) is 16.9. The summed E-state index contributed by atoms with van der Waals surface area (Å²) in [7, 11) is 0. The molecule has 1 heterocycles. The third-order valence-corrected chi connectivity index (χ3v) is 4.98. The number of carboxylic acid groups (broad SMARTS) is 1. The van der Waals surface area contributed by atoms with E-state index in [1.807, 2.05) is 45.0 Å². The molecule has 0 bridgehead atoms. The van der Waals surface area contributed by atoms with Gasteiger partial charge in [-0.15, -0.1) is 0 Å². The highest BCUT2D eigenvalue weighted by molar-refractivity contribution is 9.10. The third-order valence-electron chi connectivity index (χ3n) is 4.34. The van der Waals surface area contributed by atoms with Crippen LogP contribution in [0.1, 0.15) is 26.3 Å². The fourth-order valence-corrected chi connectivity index (χ4v) is 3.44. The number of para-hydroxylation sites is 1. The number of hydrogen-bond donors (Lipinski definition) is 1. The van der Waals surface area contributed by atoms with E-state index >= 15 is 0 Å². The third kappa shape index (κ3) is 4.11. The average molecular weight is 431 g/mol. The SMILES string of the molecule is CC(C)(C)N(Cc1cc2cccc(Br)c2nc1-c1cccc(F)c1)C(=O)O. The molecule has 1 N–H and O–H groups in total. The lowest BCUT2D eigenvalue weighted by molar-refractivity contribution is 0.0956. The summed E-state index contributed by atoms with van der Waals surface area (Å²) in [5, 5.41) is 10.6. The van der Waals surface area contributed by atoms with Gasteiger partial charge in [-0.25, -0.2) is 14.2 Å². The van der Waals surface area contributed by atoms with Gasteiger partial charge in [0.2, 0.25) is 0 Å². The van der Waals surface area contributed by atoms with Gasteiger partial charge in [-0.05, 0) is 66.5 Å². The first-order valence-corrected chi connectivity index (χ1v) is 9.31. The van der Waals surface area contributed by atoms with E-state index in [0.717, 1.165) is 20.9 Å². The summed E-state index contributed by atoms with van der Waals surface area (Å²) < 4.78 is 14.6. The minimum atomic E-state index is -1.01. The monoisotopic (exact) mass is 430 g/mol. The maximum absolute atomic E-state index is 13.8. The van der Waals surface area contributed by atoms with Gasteiger partial charge in [0.05, 0.1) is 17.8 Å². The summed E-state index contributed by atoms with van der Waals surface area (Å²) >= 11 is 3.51. The Bertz CT molecular complexity index is 1010. The number of amides is 1. The van der Waals surface area contributed by atoms with E-state index in [2.05, 4.69) is 15.9 Å². The van der Waals surface area contributed by atoms with E-state index in [-0.39, 0.29) is 12.4 Å². The summed E-state index contributed by atoms with van der Waals surface area (Å²) in [5.74, 6) is -0.363. The predicted octanol–water partition coefficient (Wildman–Crippen LogP) is 6.08. The molecule has 0 unspecified atom stereocenters. The first-order valence-electron chi connectivity index (χ1n) is 8.51. The maximum atomic E-state index is 13.8. The summed E-state index contributed by atoms with van der Waals surface area (Å²) in [4.78, 5) is 17.9. The molecule has 4 nitrogen and oxygen atoms in total. The maximum Gasteiger partial charge on any atom is 0.408 e. The second kappa shape index (κ2) is 7.27. The van der Waals surface area contributed by atoms with Crippen molar-refractivity contribution in [2.75, 3.05) is 0 Å². The van der Waals surface area contributed by atoms with Crippen molar-refractivity contribution in [2.24, 2.45) is 0 Å². The molecule has 3 aromatic rings. The van der Waals surface area contributed by atoms with Gasteiger partial charge in [-0.1, -0.05) is 24.3 Å². The topological polar surface area (TPSA) is 53.4 Å². The summed E-state index contributed by atoms with van der Waals surface area (Å²) in [6.45, 7) is 5.68. The molecule has 0 spiro atoms. The highest BCUT2D eigenvalue weighted by atomic mass is 79.9. The Kier molecular flexibility index (Phi) is 5.20. The minimum absolute atomic E-state index is 0.153. The summed E-state index contributed by atoms with van der Waals surface area (Å²) in [5.41, 5.74) is 2.07. The lowest BCUT2D eigenvalue weighted by Gasteiger charge is -2.33. The molecule has 1 amide bonds. The van der Waals surface area contributed by atoms with Crippen LogP contribution in [-0.4, -0.2) is 26.6 Å². The number of carbonyl (C=O) groups is 1. The number of hydrogen-bond acceptors (Lipinski definition) is 2. The molecule has 6 heteroatoms. The Hall–Kier alpha value is -2.47. The quantitative estimate of drug-likeness (QED) is 0.547. The van der Waals surface area contributed by atoms with Crippen LogP contribution >= 0.6 is 15.9 Å². The van der Waals surface area contributed by atoms with Gasteiger partial charge >= 0.3 is 6.09 Å². The Labute approximate surface area is 165 Å². The molecule has 140 valence electrons. The lowest BCUT2D eigenvalue weighted by atomic mass is 10.00. The van der Waals surface area contributed by atoms with E-state index in [4.69, 9.17) is 4.98 Å². The van der Waals surface area contributed by atoms with E-state index in [1.54, 1.807) is 12.1 Å². The second-order valence-electron chi connectivity index (χ2n) is 7.36. The summed E-state index contributed by atoms with van der Waals surface area (Å²) in [6, 6.07) is 13.8. The van der Waals surface area contributed by atoms with Gasteiger partial charge in [0.1, 0.15) is 5.82 Å². The molecule has 0 fully saturated rings. The van der Waals surface area contributed by atoms with Gasteiger partial charge in [-0.2, -0.15) is 0 Å². The van der Waals surface area contributed by atoms with Crippen molar-refractivity contribution in [3.05, 3.63) is 64.4 Å². The fraction of sp³-hybridized carbons (Fsp3) is 0.238. The molecule has 0 saturated heterocycles. The lowest BCUT2D eigenvalue weighted by Crippen LogP contribution is -2.44. The van der Waals surface area contributed by atoms with Gasteiger partial charge in [0.15, 0.2) is 0 Å². The molecule has 0 radical (unpaired) electrons. The molecular formula is C21H20BrFN2O2. The normalized spacial score (nSPS) is 11.6. The second-order valence-corrected chi connectivity index (χ2v) is 8.21. The van der Waals surface area contributed by atoms with Gasteiger partial charge in [-0.3, -0.25) is 4.90 Å². The number of rotatable bonds is 3. The van der Waals surface area contributed by atoms with Crippen molar-refractivity contribution in [2.45, 2.75) is 32.9 Å². The smallest absolute Gasteiger partial charge is 0.408 e. The van der Waals surface area contributed by atoms with Crippen LogP contribution in [0.3, 0.4) is 0 Å².